The number of halogens is 3. The molecule has 0 aliphatic rings. The first-order chi connectivity index (χ1) is 16.4. The van der Waals surface area contributed by atoms with Gasteiger partial charge in [0.25, 0.3) is 0 Å². The normalized spacial score (nSPS) is 11.9. The van der Waals surface area contributed by atoms with E-state index in [4.69, 9.17) is 0 Å². The van der Waals surface area contributed by atoms with Crippen LogP contribution in [-0.4, -0.2) is 19.3 Å². The molecule has 0 atom stereocenters. The highest BCUT2D eigenvalue weighted by molar-refractivity contribution is 7.98. The van der Waals surface area contributed by atoms with E-state index in [-0.39, 0.29) is 11.4 Å². The van der Waals surface area contributed by atoms with Crippen LogP contribution in [0.25, 0.3) is 15.9 Å². The molecule has 5 aromatic rings. The van der Waals surface area contributed by atoms with Gasteiger partial charge < -0.3 is 0 Å². The summed E-state index contributed by atoms with van der Waals surface area (Å²) in [6.45, 7) is 0.242. The predicted molar refractivity (Wildman–Crippen MR) is 128 cm³/mol. The average molecular weight is 499 g/mol. The minimum atomic E-state index is -4.36. The lowest BCUT2D eigenvalue weighted by molar-refractivity contribution is -0.137. The van der Waals surface area contributed by atoms with E-state index in [1.165, 1.54) is 35.2 Å². The van der Waals surface area contributed by atoms with E-state index in [2.05, 4.69) is 10.2 Å². The molecule has 0 spiro atoms. The second kappa shape index (κ2) is 9.11. The number of rotatable bonds is 6. The van der Waals surface area contributed by atoms with Gasteiger partial charge in [-0.1, -0.05) is 65.6 Å². The summed E-state index contributed by atoms with van der Waals surface area (Å²) in [5.74, 6) is 1.01. The molecule has 2 aromatic heterocycles. The summed E-state index contributed by atoms with van der Waals surface area (Å²) < 4.78 is 43.0. The van der Waals surface area contributed by atoms with E-state index in [1.54, 1.807) is 4.57 Å². The Morgan fingerprint density at radius 2 is 1.59 bits per heavy atom. The van der Waals surface area contributed by atoms with E-state index in [0.29, 0.717) is 16.7 Å². The maximum atomic E-state index is 12.8. The van der Waals surface area contributed by atoms with E-state index >= 15 is 0 Å². The van der Waals surface area contributed by atoms with Crippen molar-refractivity contribution in [2.45, 2.75) is 23.6 Å². The molecule has 172 valence electrons. The fourth-order valence-corrected chi connectivity index (χ4v) is 5.39. The van der Waals surface area contributed by atoms with Gasteiger partial charge in [-0.15, -0.1) is 10.2 Å². The Labute approximate surface area is 200 Å². The smallest absolute Gasteiger partial charge is 0.291 e. The van der Waals surface area contributed by atoms with Crippen molar-refractivity contribution in [3.8, 4) is 5.69 Å². The third kappa shape index (κ3) is 4.51. The van der Waals surface area contributed by atoms with Gasteiger partial charge >= 0.3 is 11.0 Å². The maximum Gasteiger partial charge on any atom is 0.416 e. The lowest BCUT2D eigenvalue weighted by Crippen LogP contribution is -2.16. The van der Waals surface area contributed by atoms with Gasteiger partial charge in [0, 0.05) is 11.4 Å². The lowest BCUT2D eigenvalue weighted by atomic mass is 10.1. The lowest BCUT2D eigenvalue weighted by Gasteiger charge is -2.11. The third-order valence-corrected chi connectivity index (χ3v) is 7.20. The number of alkyl halides is 3. The van der Waals surface area contributed by atoms with Gasteiger partial charge in [0.05, 0.1) is 22.3 Å². The molecule has 0 fully saturated rings. The van der Waals surface area contributed by atoms with Gasteiger partial charge in [-0.3, -0.25) is 13.9 Å². The quantitative estimate of drug-likeness (QED) is 0.269. The minimum Gasteiger partial charge on any atom is -0.291 e. The molecule has 0 saturated carbocycles. The highest BCUT2D eigenvalue weighted by Gasteiger charge is 2.30. The van der Waals surface area contributed by atoms with E-state index in [1.807, 2.05) is 59.2 Å². The fourth-order valence-electron chi connectivity index (χ4n) is 3.58. The molecule has 2 heterocycles. The molecular weight excluding hydrogens is 481 g/mol. The van der Waals surface area contributed by atoms with Crippen molar-refractivity contribution in [2.24, 2.45) is 0 Å². The number of hydrogen-bond acceptors (Lipinski definition) is 5. The monoisotopic (exact) mass is 498 g/mol. The Bertz CT molecular complexity index is 1490. The van der Waals surface area contributed by atoms with Crippen molar-refractivity contribution < 1.29 is 13.2 Å². The minimum absolute atomic E-state index is 0.0808. The van der Waals surface area contributed by atoms with E-state index in [9.17, 15) is 18.0 Å². The molecule has 3 aromatic carbocycles. The highest BCUT2D eigenvalue weighted by atomic mass is 32.2. The largest absolute Gasteiger partial charge is 0.416 e. The Hall–Kier alpha value is -3.37. The molecule has 0 radical (unpaired) electrons. The van der Waals surface area contributed by atoms with Gasteiger partial charge in [-0.05, 0) is 42.0 Å². The SMILES string of the molecule is O=c1sc2ccccc2n1Cc1nnc(SCc2ccc(C(F)(F)F)cc2)n1-c1ccccc1. The first-order valence-corrected chi connectivity index (χ1v) is 12.1. The summed E-state index contributed by atoms with van der Waals surface area (Å²) in [6, 6.07) is 22.2. The van der Waals surface area contributed by atoms with Crippen LogP contribution in [0, 0.1) is 0 Å². The molecule has 5 nitrogen and oxygen atoms in total. The third-order valence-electron chi connectivity index (χ3n) is 5.24. The van der Waals surface area contributed by atoms with Crippen molar-refractivity contribution in [3.63, 3.8) is 0 Å². The Morgan fingerprint density at radius 1 is 0.882 bits per heavy atom. The number of fused-ring (bicyclic) bond motifs is 1. The number of thiazole rings is 1. The predicted octanol–water partition coefficient (Wildman–Crippen LogP) is 6.00. The first kappa shape index (κ1) is 22.4. The molecule has 5 rings (SSSR count). The Morgan fingerprint density at radius 3 is 2.32 bits per heavy atom. The molecule has 0 saturated heterocycles. The topological polar surface area (TPSA) is 52.7 Å². The summed E-state index contributed by atoms with van der Waals surface area (Å²) in [6.07, 6.45) is -4.36. The van der Waals surface area contributed by atoms with E-state index in [0.717, 1.165) is 33.6 Å². The zero-order valence-corrected chi connectivity index (χ0v) is 19.2. The van der Waals surface area contributed by atoms with Crippen molar-refractivity contribution >= 4 is 33.3 Å². The molecular formula is C24H17F3N4OS2. The molecule has 0 aliphatic carbocycles. The fraction of sp³-hybridized carbons (Fsp3) is 0.125. The van der Waals surface area contributed by atoms with Crippen molar-refractivity contribution in [1.82, 2.24) is 19.3 Å². The number of aromatic nitrogens is 4. The summed E-state index contributed by atoms with van der Waals surface area (Å²) in [7, 11) is 0. The second-order valence-corrected chi connectivity index (χ2v) is 9.41. The van der Waals surface area contributed by atoms with Crippen molar-refractivity contribution in [2.75, 3.05) is 0 Å². The molecule has 0 bridgehead atoms. The number of para-hydroxylation sites is 2. The maximum absolute atomic E-state index is 12.8. The van der Waals surface area contributed by atoms with Crippen LogP contribution in [0.15, 0.2) is 88.8 Å². The van der Waals surface area contributed by atoms with Crippen LogP contribution < -0.4 is 4.87 Å². The average Bonchev–Trinajstić information content (AvgIpc) is 3.38. The molecule has 10 heteroatoms. The van der Waals surface area contributed by atoms with Crippen LogP contribution in [0.3, 0.4) is 0 Å². The summed E-state index contributed by atoms with van der Waals surface area (Å²) in [4.78, 5) is 12.6. The summed E-state index contributed by atoms with van der Waals surface area (Å²) >= 11 is 2.55. The van der Waals surface area contributed by atoms with Crippen LogP contribution in [0.4, 0.5) is 13.2 Å². The van der Waals surface area contributed by atoms with Crippen LogP contribution in [0.5, 0.6) is 0 Å². The Kier molecular flexibility index (Phi) is 6.01. The molecule has 0 amide bonds. The van der Waals surface area contributed by atoms with Crippen molar-refractivity contribution in [1.29, 1.82) is 0 Å². The number of nitrogens with zero attached hydrogens (tertiary/aromatic N) is 4. The highest BCUT2D eigenvalue weighted by Crippen LogP contribution is 2.31. The zero-order valence-electron chi connectivity index (χ0n) is 17.6. The van der Waals surface area contributed by atoms with Gasteiger partial charge in [-0.2, -0.15) is 13.2 Å². The Balaban J connectivity index is 1.47. The van der Waals surface area contributed by atoms with Crippen LogP contribution >= 0.6 is 23.1 Å². The number of benzene rings is 3. The zero-order chi connectivity index (χ0) is 23.7. The van der Waals surface area contributed by atoms with Crippen molar-refractivity contribution in [3.05, 3.63) is 105 Å². The number of hydrogen-bond donors (Lipinski definition) is 0. The van der Waals surface area contributed by atoms with Gasteiger partial charge in [0.1, 0.15) is 0 Å². The van der Waals surface area contributed by atoms with Crippen LogP contribution in [0.1, 0.15) is 17.0 Å². The van der Waals surface area contributed by atoms with Crippen LogP contribution in [-0.2, 0) is 18.5 Å². The molecule has 34 heavy (non-hydrogen) atoms. The molecule has 0 aliphatic heterocycles. The molecule has 0 unspecified atom stereocenters. The van der Waals surface area contributed by atoms with Gasteiger partial charge in [-0.25, -0.2) is 0 Å². The summed E-state index contributed by atoms with van der Waals surface area (Å²) in [5.41, 5.74) is 1.73. The van der Waals surface area contributed by atoms with Gasteiger partial charge in [0.15, 0.2) is 11.0 Å². The van der Waals surface area contributed by atoms with Gasteiger partial charge in [0.2, 0.25) is 0 Å². The van der Waals surface area contributed by atoms with Crippen LogP contribution in [0.2, 0.25) is 0 Å². The van der Waals surface area contributed by atoms with E-state index < -0.39 is 11.7 Å². The number of thioether (sulfide) groups is 1. The molecule has 0 N–H and O–H groups in total. The standard InChI is InChI=1S/C24H17F3N4OS2/c25-24(26,27)17-12-10-16(11-13-17)15-33-22-29-28-21(31(22)18-6-2-1-3-7-18)14-30-19-8-4-5-9-20(19)34-23(30)32/h1-13H,14-15H2. The second-order valence-electron chi connectivity index (χ2n) is 7.47. The summed E-state index contributed by atoms with van der Waals surface area (Å²) in [5, 5.41) is 9.29. The first-order valence-electron chi connectivity index (χ1n) is 10.3.